The van der Waals surface area contributed by atoms with Crippen molar-refractivity contribution in [3.63, 3.8) is 0 Å². The molecule has 1 amide bonds. The van der Waals surface area contributed by atoms with Gasteiger partial charge in [-0.25, -0.2) is 9.97 Å². The molecular formula is C22H23N5O. The number of nitrogens with two attached hydrogens (primary N) is 1. The number of aromatic nitrogens is 2. The van der Waals surface area contributed by atoms with Crippen LogP contribution in [0.3, 0.4) is 0 Å². The molecule has 1 aliphatic heterocycles. The maximum Gasteiger partial charge on any atom is 0.250 e. The molecule has 0 aliphatic carbocycles. The topological polar surface area (TPSA) is 75.3 Å². The van der Waals surface area contributed by atoms with Gasteiger partial charge in [0.2, 0.25) is 0 Å². The Hall–Kier alpha value is -3.41. The van der Waals surface area contributed by atoms with E-state index < -0.39 is 5.91 Å². The van der Waals surface area contributed by atoms with Crippen molar-refractivity contribution < 1.29 is 4.79 Å². The highest BCUT2D eigenvalue weighted by Crippen LogP contribution is 2.34. The highest BCUT2D eigenvalue weighted by molar-refractivity contribution is 6.07. The smallest absolute Gasteiger partial charge is 0.250 e. The Kier molecular flexibility index (Phi) is 4.69. The fourth-order valence-electron chi connectivity index (χ4n) is 3.48. The molecule has 0 saturated heterocycles. The summed E-state index contributed by atoms with van der Waals surface area (Å²) in [4.78, 5) is 25.9. The molecule has 1 atom stereocenters. The average molecular weight is 373 g/mol. The molecule has 2 aromatic carbocycles. The molecule has 0 saturated carbocycles. The lowest BCUT2D eigenvalue weighted by atomic mass is 10.1. The number of benzene rings is 2. The van der Waals surface area contributed by atoms with E-state index in [0.717, 1.165) is 23.4 Å². The summed E-state index contributed by atoms with van der Waals surface area (Å²) in [6, 6.07) is 15.7. The van der Waals surface area contributed by atoms with Gasteiger partial charge in [-0.2, -0.15) is 0 Å². The van der Waals surface area contributed by atoms with Crippen LogP contribution in [0.1, 0.15) is 30.0 Å². The Morgan fingerprint density at radius 3 is 2.54 bits per heavy atom. The van der Waals surface area contributed by atoms with Crippen molar-refractivity contribution in [1.82, 2.24) is 14.9 Å². The van der Waals surface area contributed by atoms with E-state index in [1.165, 1.54) is 0 Å². The van der Waals surface area contributed by atoms with Crippen molar-refractivity contribution in [1.29, 1.82) is 0 Å². The Morgan fingerprint density at radius 1 is 1.18 bits per heavy atom. The van der Waals surface area contributed by atoms with Crippen LogP contribution in [0.5, 0.6) is 0 Å². The molecule has 6 heteroatoms. The van der Waals surface area contributed by atoms with Crippen molar-refractivity contribution in [2.45, 2.75) is 26.4 Å². The summed E-state index contributed by atoms with van der Waals surface area (Å²) in [6.45, 7) is 5.04. The van der Waals surface area contributed by atoms with E-state index in [1.54, 1.807) is 6.07 Å². The lowest BCUT2D eigenvalue weighted by molar-refractivity contribution is 0.100. The number of hydrogen-bond donors (Lipinski definition) is 1. The predicted molar refractivity (Wildman–Crippen MR) is 111 cm³/mol. The quantitative estimate of drug-likeness (QED) is 0.714. The second-order valence-corrected chi connectivity index (χ2v) is 6.80. The van der Waals surface area contributed by atoms with Gasteiger partial charge in [-0.3, -0.25) is 4.79 Å². The number of para-hydroxylation sites is 2. The van der Waals surface area contributed by atoms with Gasteiger partial charge in [0.25, 0.3) is 5.91 Å². The third-order valence-corrected chi connectivity index (χ3v) is 5.06. The molecule has 6 nitrogen and oxygen atoms in total. The number of rotatable bonds is 6. The summed E-state index contributed by atoms with van der Waals surface area (Å²) in [6.07, 6.45) is 4.92. The van der Waals surface area contributed by atoms with E-state index in [1.807, 2.05) is 37.3 Å². The van der Waals surface area contributed by atoms with Crippen LogP contribution in [0.15, 0.2) is 60.8 Å². The number of anilines is 2. The number of carbonyl (C=O) groups is 1. The molecule has 0 radical (unpaired) electrons. The molecule has 1 aliphatic rings. The molecule has 0 unspecified atom stereocenters. The molecule has 2 heterocycles. The van der Waals surface area contributed by atoms with Crippen molar-refractivity contribution in [3.8, 4) is 0 Å². The summed E-state index contributed by atoms with van der Waals surface area (Å²) >= 11 is 0. The highest BCUT2D eigenvalue weighted by Gasteiger charge is 2.27. The summed E-state index contributed by atoms with van der Waals surface area (Å²) in [5.41, 5.74) is 7.66. The largest absolute Gasteiger partial charge is 0.366 e. The molecule has 3 aromatic rings. The minimum atomic E-state index is -0.484. The third-order valence-electron chi connectivity index (χ3n) is 5.06. The summed E-state index contributed by atoms with van der Waals surface area (Å²) in [7, 11) is 0. The lowest BCUT2D eigenvalue weighted by Gasteiger charge is -2.40. The summed E-state index contributed by atoms with van der Waals surface area (Å²) < 4.78 is 0. The van der Waals surface area contributed by atoms with Crippen molar-refractivity contribution in [3.05, 3.63) is 72.2 Å². The molecule has 0 fully saturated rings. The highest BCUT2D eigenvalue weighted by atomic mass is 16.1. The zero-order valence-electron chi connectivity index (χ0n) is 16.0. The zero-order chi connectivity index (χ0) is 19.7. The molecule has 2 N–H and O–H groups in total. The standard InChI is InChI=1S/C22H23N5O/c1-3-19-24-20-17(21(23)28)11-7-12-18(20)22(25-19)27(15(2)26-13-8-14-26)16-9-5-4-6-10-16/h4-13,15H,3,14H2,1-2H3,(H2,23,28)/t15-/m0/s1. The maximum absolute atomic E-state index is 12.0. The Bertz CT molecular complexity index is 1050. The van der Waals surface area contributed by atoms with Crippen LogP contribution in [0.2, 0.25) is 0 Å². The summed E-state index contributed by atoms with van der Waals surface area (Å²) in [5.74, 6) is 0.981. The van der Waals surface area contributed by atoms with Gasteiger partial charge < -0.3 is 15.5 Å². The Balaban J connectivity index is 1.98. The normalized spacial score (nSPS) is 14.0. The van der Waals surface area contributed by atoms with Gasteiger partial charge in [0.1, 0.15) is 17.8 Å². The molecular weight excluding hydrogens is 350 g/mol. The molecule has 1 aromatic heterocycles. The zero-order valence-corrected chi connectivity index (χ0v) is 16.0. The third kappa shape index (κ3) is 3.07. The van der Waals surface area contributed by atoms with Crippen molar-refractivity contribution in [2.75, 3.05) is 11.4 Å². The van der Waals surface area contributed by atoms with Gasteiger partial charge >= 0.3 is 0 Å². The number of hydrogen-bond acceptors (Lipinski definition) is 5. The van der Waals surface area contributed by atoms with E-state index >= 15 is 0 Å². The van der Waals surface area contributed by atoms with E-state index in [2.05, 4.69) is 46.1 Å². The molecule has 142 valence electrons. The lowest BCUT2D eigenvalue weighted by Crippen LogP contribution is -2.45. The fourth-order valence-corrected chi connectivity index (χ4v) is 3.48. The van der Waals surface area contributed by atoms with Crippen LogP contribution in [-0.2, 0) is 6.42 Å². The minimum Gasteiger partial charge on any atom is -0.366 e. The Morgan fingerprint density at radius 2 is 1.93 bits per heavy atom. The SMILES string of the molecule is CCc1nc(N(c2ccccc2)[C@@H](C)N2C=CC2)c2cccc(C(N)=O)c2n1. The first-order chi connectivity index (χ1) is 13.6. The second-order valence-electron chi connectivity index (χ2n) is 6.80. The molecule has 0 spiro atoms. The number of fused-ring (bicyclic) bond motifs is 1. The monoisotopic (exact) mass is 373 g/mol. The van der Waals surface area contributed by atoms with Gasteiger partial charge in [0.05, 0.1) is 11.1 Å². The van der Waals surface area contributed by atoms with Gasteiger partial charge in [0, 0.05) is 24.0 Å². The second kappa shape index (κ2) is 7.31. The number of primary amides is 1. The Labute approximate surface area is 164 Å². The predicted octanol–water partition coefficient (Wildman–Crippen LogP) is 3.60. The molecule has 28 heavy (non-hydrogen) atoms. The minimum absolute atomic E-state index is 0.0486. The number of aryl methyl sites for hydroxylation is 1. The van der Waals surface area contributed by atoms with Crippen LogP contribution in [0, 0.1) is 0 Å². The molecule has 4 rings (SSSR count). The number of carbonyl (C=O) groups excluding carboxylic acids is 1. The number of amides is 1. The fraction of sp³-hybridized carbons (Fsp3) is 0.227. The van der Waals surface area contributed by atoms with Crippen LogP contribution in [0.25, 0.3) is 10.9 Å². The maximum atomic E-state index is 12.0. The van der Waals surface area contributed by atoms with Gasteiger partial charge in [-0.05, 0) is 43.5 Å². The van der Waals surface area contributed by atoms with Crippen molar-refractivity contribution in [2.24, 2.45) is 5.73 Å². The first-order valence-corrected chi connectivity index (χ1v) is 9.46. The van der Waals surface area contributed by atoms with E-state index in [-0.39, 0.29) is 6.17 Å². The van der Waals surface area contributed by atoms with E-state index in [4.69, 9.17) is 10.7 Å². The van der Waals surface area contributed by atoms with E-state index in [0.29, 0.717) is 23.3 Å². The first-order valence-electron chi connectivity index (χ1n) is 9.46. The number of nitrogens with zero attached hydrogens (tertiary/aromatic N) is 4. The van der Waals surface area contributed by atoms with Crippen LogP contribution in [-0.4, -0.2) is 33.5 Å². The van der Waals surface area contributed by atoms with Crippen LogP contribution in [0.4, 0.5) is 11.5 Å². The molecule has 0 bridgehead atoms. The van der Waals surface area contributed by atoms with Crippen molar-refractivity contribution >= 4 is 28.3 Å². The van der Waals surface area contributed by atoms with Gasteiger partial charge in [-0.1, -0.05) is 31.2 Å². The average Bonchev–Trinajstić information content (AvgIpc) is 2.66. The van der Waals surface area contributed by atoms with Gasteiger partial charge in [0.15, 0.2) is 0 Å². The first kappa shape index (κ1) is 18.0. The van der Waals surface area contributed by atoms with E-state index in [9.17, 15) is 4.79 Å². The van der Waals surface area contributed by atoms with Crippen LogP contribution < -0.4 is 10.6 Å². The summed E-state index contributed by atoms with van der Waals surface area (Å²) in [5, 5.41) is 0.814. The van der Waals surface area contributed by atoms with Gasteiger partial charge in [-0.15, -0.1) is 0 Å². The van der Waals surface area contributed by atoms with Crippen LogP contribution >= 0.6 is 0 Å².